The molecule has 0 saturated carbocycles. The number of halogens is 2. The summed E-state index contributed by atoms with van der Waals surface area (Å²) in [6, 6.07) is 13.3. The van der Waals surface area contributed by atoms with Crippen LogP contribution in [0.2, 0.25) is 4.34 Å². The molecule has 0 aliphatic rings. The predicted molar refractivity (Wildman–Crippen MR) is 104 cm³/mol. The van der Waals surface area contributed by atoms with Crippen LogP contribution in [0.3, 0.4) is 0 Å². The highest BCUT2D eigenvalue weighted by Gasteiger charge is 2.23. The first-order valence-corrected chi connectivity index (χ1v) is 9.64. The van der Waals surface area contributed by atoms with Crippen LogP contribution in [0.4, 0.5) is 9.52 Å². The fourth-order valence-electron chi connectivity index (χ4n) is 2.44. The summed E-state index contributed by atoms with van der Waals surface area (Å²) < 4.78 is 14.7. The third kappa shape index (κ3) is 3.46. The highest BCUT2D eigenvalue weighted by Crippen LogP contribution is 2.32. The van der Waals surface area contributed by atoms with E-state index in [2.05, 4.69) is 9.97 Å². The Morgan fingerprint density at radius 3 is 2.77 bits per heavy atom. The van der Waals surface area contributed by atoms with Crippen LogP contribution in [-0.2, 0) is 6.54 Å². The van der Waals surface area contributed by atoms with Crippen molar-refractivity contribution in [3.05, 3.63) is 75.5 Å². The van der Waals surface area contributed by atoms with Gasteiger partial charge in [-0.3, -0.25) is 14.7 Å². The topological polar surface area (TPSA) is 46.1 Å². The summed E-state index contributed by atoms with van der Waals surface area (Å²) in [4.78, 5) is 23.9. The Morgan fingerprint density at radius 2 is 2.04 bits per heavy atom. The first kappa shape index (κ1) is 17.1. The smallest absolute Gasteiger partial charge is 0.270 e. The SMILES string of the molecule is O=C(c1ccc(Cl)s1)N(Cc1ccccn1)c1nc2ccc(F)cc2s1. The quantitative estimate of drug-likeness (QED) is 0.458. The zero-order valence-corrected chi connectivity index (χ0v) is 15.6. The van der Waals surface area contributed by atoms with Crippen molar-refractivity contribution in [3.8, 4) is 0 Å². The van der Waals surface area contributed by atoms with Gasteiger partial charge in [-0.25, -0.2) is 9.37 Å². The molecule has 0 fully saturated rings. The van der Waals surface area contributed by atoms with Crippen molar-refractivity contribution in [2.24, 2.45) is 0 Å². The van der Waals surface area contributed by atoms with Gasteiger partial charge in [-0.15, -0.1) is 11.3 Å². The van der Waals surface area contributed by atoms with Gasteiger partial charge in [-0.05, 0) is 42.5 Å². The maximum atomic E-state index is 13.5. The Bertz CT molecular complexity index is 1080. The molecule has 0 unspecified atom stereocenters. The second-order valence-corrected chi connectivity index (χ2v) is 8.15. The molecule has 0 spiro atoms. The number of amides is 1. The summed E-state index contributed by atoms with van der Waals surface area (Å²) in [7, 11) is 0. The molecule has 1 aromatic carbocycles. The maximum absolute atomic E-state index is 13.5. The molecule has 26 heavy (non-hydrogen) atoms. The number of carbonyl (C=O) groups is 1. The molecule has 4 nitrogen and oxygen atoms in total. The Labute approximate surface area is 161 Å². The van der Waals surface area contributed by atoms with Crippen LogP contribution < -0.4 is 4.90 Å². The van der Waals surface area contributed by atoms with E-state index in [-0.39, 0.29) is 18.3 Å². The van der Waals surface area contributed by atoms with Crippen LogP contribution in [-0.4, -0.2) is 15.9 Å². The second-order valence-electron chi connectivity index (χ2n) is 5.42. The molecule has 3 aromatic heterocycles. The largest absolute Gasteiger partial charge is 0.277 e. The molecule has 1 amide bonds. The fourth-order valence-corrected chi connectivity index (χ4v) is 4.42. The van der Waals surface area contributed by atoms with Crippen molar-refractivity contribution >= 4 is 55.5 Å². The molecule has 0 aliphatic heterocycles. The highest BCUT2D eigenvalue weighted by molar-refractivity contribution is 7.22. The number of hydrogen-bond donors (Lipinski definition) is 0. The van der Waals surface area contributed by atoms with Crippen molar-refractivity contribution in [2.45, 2.75) is 6.54 Å². The molecule has 130 valence electrons. The number of aromatic nitrogens is 2. The number of pyridine rings is 1. The summed E-state index contributed by atoms with van der Waals surface area (Å²) >= 11 is 8.45. The number of thiazole rings is 1. The minimum atomic E-state index is -0.333. The monoisotopic (exact) mass is 403 g/mol. The van der Waals surface area contributed by atoms with Crippen LogP contribution in [0, 0.1) is 5.82 Å². The normalized spacial score (nSPS) is 11.0. The van der Waals surface area contributed by atoms with Crippen molar-refractivity contribution in [2.75, 3.05) is 4.90 Å². The average molecular weight is 404 g/mol. The van der Waals surface area contributed by atoms with Gasteiger partial charge in [0.15, 0.2) is 5.13 Å². The first-order chi connectivity index (χ1) is 12.6. The minimum Gasteiger partial charge on any atom is -0.277 e. The molecule has 4 rings (SSSR count). The molecule has 0 bridgehead atoms. The van der Waals surface area contributed by atoms with Crippen molar-refractivity contribution in [1.29, 1.82) is 0 Å². The van der Waals surface area contributed by atoms with E-state index < -0.39 is 0 Å². The van der Waals surface area contributed by atoms with Gasteiger partial charge in [0, 0.05) is 6.20 Å². The second kappa shape index (κ2) is 7.11. The third-order valence-electron chi connectivity index (χ3n) is 3.65. The maximum Gasteiger partial charge on any atom is 0.270 e. The number of anilines is 1. The van der Waals surface area contributed by atoms with Gasteiger partial charge in [0.2, 0.25) is 0 Å². The van der Waals surface area contributed by atoms with E-state index in [9.17, 15) is 9.18 Å². The standard InChI is InChI=1S/C18H11ClFN3OS2/c19-16-7-6-14(25-16)17(24)23(10-12-3-1-2-8-21-12)18-22-13-5-4-11(20)9-15(13)26-18/h1-9H,10H2. The van der Waals surface area contributed by atoms with E-state index in [1.54, 1.807) is 29.3 Å². The zero-order chi connectivity index (χ0) is 18.1. The van der Waals surface area contributed by atoms with Crippen LogP contribution in [0.15, 0.2) is 54.7 Å². The zero-order valence-electron chi connectivity index (χ0n) is 13.2. The van der Waals surface area contributed by atoms with Gasteiger partial charge < -0.3 is 0 Å². The van der Waals surface area contributed by atoms with Crippen molar-refractivity contribution in [3.63, 3.8) is 0 Å². The van der Waals surface area contributed by atoms with Crippen LogP contribution in [0.1, 0.15) is 15.4 Å². The third-order valence-corrected chi connectivity index (χ3v) is 5.91. The molecule has 0 saturated heterocycles. The Kier molecular flexibility index (Phi) is 4.67. The Morgan fingerprint density at radius 1 is 1.15 bits per heavy atom. The van der Waals surface area contributed by atoms with Gasteiger partial charge >= 0.3 is 0 Å². The number of hydrogen-bond acceptors (Lipinski definition) is 5. The molecule has 4 aromatic rings. The highest BCUT2D eigenvalue weighted by atomic mass is 35.5. The van der Waals surface area contributed by atoms with E-state index in [4.69, 9.17) is 11.6 Å². The molecular formula is C18H11ClFN3OS2. The lowest BCUT2D eigenvalue weighted by Gasteiger charge is -2.18. The number of thiophene rings is 1. The number of nitrogens with zero attached hydrogens (tertiary/aromatic N) is 3. The molecule has 0 aliphatic carbocycles. The van der Waals surface area contributed by atoms with Gasteiger partial charge in [0.05, 0.1) is 31.7 Å². The number of benzene rings is 1. The Hall–Kier alpha value is -2.35. The number of fused-ring (bicyclic) bond motifs is 1. The molecule has 0 N–H and O–H groups in total. The Balaban J connectivity index is 1.76. The van der Waals surface area contributed by atoms with Gasteiger partial charge in [0.25, 0.3) is 5.91 Å². The van der Waals surface area contributed by atoms with E-state index in [1.165, 1.54) is 34.8 Å². The summed E-state index contributed by atoms with van der Waals surface area (Å²) in [6.07, 6.45) is 1.67. The summed E-state index contributed by atoms with van der Waals surface area (Å²) in [6.45, 7) is 0.261. The van der Waals surface area contributed by atoms with E-state index in [0.29, 0.717) is 24.6 Å². The van der Waals surface area contributed by atoms with E-state index >= 15 is 0 Å². The van der Waals surface area contributed by atoms with Crippen molar-refractivity contribution < 1.29 is 9.18 Å². The summed E-state index contributed by atoms with van der Waals surface area (Å²) in [5.74, 6) is -0.549. The summed E-state index contributed by atoms with van der Waals surface area (Å²) in [5.41, 5.74) is 1.38. The lowest BCUT2D eigenvalue weighted by molar-refractivity contribution is 0.0988. The molecule has 3 heterocycles. The predicted octanol–water partition coefficient (Wildman–Crippen LogP) is 5.39. The van der Waals surface area contributed by atoms with Crippen molar-refractivity contribution in [1.82, 2.24) is 9.97 Å². The molecule has 0 atom stereocenters. The van der Waals surface area contributed by atoms with Crippen LogP contribution in [0.5, 0.6) is 0 Å². The van der Waals surface area contributed by atoms with Gasteiger partial charge in [-0.1, -0.05) is 29.0 Å². The lowest BCUT2D eigenvalue weighted by Crippen LogP contribution is -2.30. The molecule has 0 radical (unpaired) electrons. The average Bonchev–Trinajstić information content (AvgIpc) is 3.25. The fraction of sp³-hybridized carbons (Fsp3) is 0.0556. The number of rotatable bonds is 4. The van der Waals surface area contributed by atoms with Crippen LogP contribution in [0.25, 0.3) is 10.2 Å². The van der Waals surface area contributed by atoms with Gasteiger partial charge in [-0.2, -0.15) is 0 Å². The first-order valence-electron chi connectivity index (χ1n) is 7.63. The lowest BCUT2D eigenvalue weighted by atomic mass is 10.3. The molecular weight excluding hydrogens is 393 g/mol. The number of carbonyl (C=O) groups excluding carboxylic acids is 1. The van der Waals surface area contributed by atoms with Gasteiger partial charge in [0.1, 0.15) is 5.82 Å². The minimum absolute atomic E-state index is 0.216. The molecule has 8 heteroatoms. The van der Waals surface area contributed by atoms with Crippen LogP contribution >= 0.6 is 34.3 Å². The summed E-state index contributed by atoms with van der Waals surface area (Å²) in [5, 5.41) is 0.491. The van der Waals surface area contributed by atoms with E-state index in [1.807, 2.05) is 18.2 Å². The van der Waals surface area contributed by atoms with E-state index in [0.717, 1.165) is 5.69 Å².